The third kappa shape index (κ3) is 9.03. The predicted molar refractivity (Wildman–Crippen MR) is 167 cm³/mol. The largest absolute Gasteiger partial charge is 0.491 e. The van der Waals surface area contributed by atoms with Crippen molar-refractivity contribution in [3.05, 3.63) is 96.1 Å². The molecule has 2 aliphatic rings. The van der Waals surface area contributed by atoms with Crippen molar-refractivity contribution in [2.75, 3.05) is 78.7 Å². The Morgan fingerprint density at radius 3 is 1.23 bits per heavy atom. The first-order valence-corrected chi connectivity index (χ1v) is 15.3. The Bertz CT molecular complexity index is 1210. The first-order chi connectivity index (χ1) is 21.4. The Morgan fingerprint density at radius 2 is 0.886 bits per heavy atom. The number of aliphatic hydroxyl groups excluding tert-OH is 2. The zero-order valence-electron chi connectivity index (χ0n) is 25.0. The number of benzene rings is 3. The second-order valence-electron chi connectivity index (χ2n) is 11.3. The summed E-state index contributed by atoms with van der Waals surface area (Å²) in [7, 11) is 0. The number of aliphatic hydroxyl groups is 2. The summed E-state index contributed by atoms with van der Waals surface area (Å²) in [5, 5.41) is 21.0. The molecule has 2 fully saturated rings. The van der Waals surface area contributed by atoms with E-state index in [1.165, 1.54) is 0 Å². The molecule has 2 saturated heterocycles. The lowest BCUT2D eigenvalue weighted by Gasteiger charge is -2.35. The van der Waals surface area contributed by atoms with Gasteiger partial charge in [0.2, 0.25) is 0 Å². The Kier molecular flexibility index (Phi) is 11.2. The summed E-state index contributed by atoms with van der Waals surface area (Å²) in [4.78, 5) is 33.3. The topological polar surface area (TPSA) is 106 Å². The van der Waals surface area contributed by atoms with E-state index in [-0.39, 0.29) is 25.0 Å². The highest BCUT2D eigenvalue weighted by Gasteiger charge is 2.25. The van der Waals surface area contributed by atoms with E-state index in [9.17, 15) is 19.8 Å². The van der Waals surface area contributed by atoms with Crippen LogP contribution < -0.4 is 9.47 Å². The SMILES string of the molecule is O=C(c1ccccc1)N1CCN(C[C@H](O)COc2ccc(OC[C@@H](O)CN3CCN(C(=O)c4ccccc4)CC3)cc2)CC1. The quantitative estimate of drug-likeness (QED) is 0.325. The standard InChI is InChI=1S/C34H42N4O6/c39-29(23-35-15-19-37(20-16-35)33(41)27-7-3-1-4-8-27)25-43-31-11-13-32(14-12-31)44-26-30(40)24-36-17-21-38(22-18-36)34(42)28-9-5-2-6-10-28/h1-14,29-30,39-40H,15-26H2/t29-,30-/m0/s1. The normalized spacial score (nSPS) is 17.6. The van der Waals surface area contributed by atoms with Gasteiger partial charge in [0, 0.05) is 76.6 Å². The molecule has 2 aliphatic heterocycles. The average molecular weight is 603 g/mol. The Hall–Kier alpha value is -3.96. The van der Waals surface area contributed by atoms with Gasteiger partial charge in [-0.15, -0.1) is 0 Å². The molecule has 10 nitrogen and oxygen atoms in total. The Morgan fingerprint density at radius 1 is 0.545 bits per heavy atom. The summed E-state index contributed by atoms with van der Waals surface area (Å²) in [6.45, 7) is 6.61. The fourth-order valence-electron chi connectivity index (χ4n) is 5.51. The molecule has 2 atom stereocenters. The molecule has 0 spiro atoms. The van der Waals surface area contributed by atoms with Crippen molar-refractivity contribution in [1.82, 2.24) is 19.6 Å². The van der Waals surface area contributed by atoms with Crippen molar-refractivity contribution in [3.63, 3.8) is 0 Å². The molecule has 0 radical (unpaired) electrons. The second kappa shape index (κ2) is 15.7. The molecule has 0 bridgehead atoms. The average Bonchev–Trinajstić information content (AvgIpc) is 3.08. The molecule has 2 N–H and O–H groups in total. The van der Waals surface area contributed by atoms with Crippen molar-refractivity contribution < 1.29 is 29.3 Å². The van der Waals surface area contributed by atoms with E-state index >= 15 is 0 Å². The van der Waals surface area contributed by atoms with Crippen LogP contribution in [0.3, 0.4) is 0 Å². The van der Waals surface area contributed by atoms with E-state index < -0.39 is 12.2 Å². The molecule has 0 unspecified atom stereocenters. The van der Waals surface area contributed by atoms with Crippen LogP contribution in [-0.4, -0.2) is 132 Å². The first-order valence-electron chi connectivity index (χ1n) is 15.3. The molecule has 0 saturated carbocycles. The summed E-state index contributed by atoms with van der Waals surface area (Å²) in [5.41, 5.74) is 1.40. The molecule has 0 aliphatic carbocycles. The van der Waals surface area contributed by atoms with E-state index in [2.05, 4.69) is 9.80 Å². The molecule has 3 aromatic rings. The van der Waals surface area contributed by atoms with Crippen LogP contribution in [0.5, 0.6) is 11.5 Å². The second-order valence-corrected chi connectivity index (χ2v) is 11.3. The van der Waals surface area contributed by atoms with Gasteiger partial charge in [-0.1, -0.05) is 36.4 Å². The van der Waals surface area contributed by atoms with E-state index in [0.29, 0.717) is 88.1 Å². The third-order valence-electron chi connectivity index (χ3n) is 8.01. The number of nitrogens with zero attached hydrogens (tertiary/aromatic N) is 4. The van der Waals surface area contributed by atoms with Crippen LogP contribution in [0.25, 0.3) is 0 Å². The van der Waals surface area contributed by atoms with E-state index in [0.717, 1.165) is 0 Å². The van der Waals surface area contributed by atoms with Gasteiger partial charge in [0.1, 0.15) is 36.9 Å². The van der Waals surface area contributed by atoms with Gasteiger partial charge >= 0.3 is 0 Å². The zero-order chi connectivity index (χ0) is 30.7. The van der Waals surface area contributed by atoms with E-state index in [4.69, 9.17) is 9.47 Å². The van der Waals surface area contributed by atoms with Gasteiger partial charge in [0.05, 0.1) is 0 Å². The smallest absolute Gasteiger partial charge is 0.253 e. The monoisotopic (exact) mass is 602 g/mol. The van der Waals surface area contributed by atoms with Crippen LogP contribution in [0, 0.1) is 0 Å². The number of carbonyl (C=O) groups is 2. The fourth-order valence-corrected chi connectivity index (χ4v) is 5.51. The molecule has 0 aromatic heterocycles. The molecule has 234 valence electrons. The molecular formula is C34H42N4O6. The number of amides is 2. The lowest BCUT2D eigenvalue weighted by molar-refractivity contribution is 0.0393. The van der Waals surface area contributed by atoms with Crippen molar-refractivity contribution >= 4 is 11.8 Å². The molecule has 2 heterocycles. The third-order valence-corrected chi connectivity index (χ3v) is 8.01. The highest BCUT2D eigenvalue weighted by atomic mass is 16.5. The highest BCUT2D eigenvalue weighted by Crippen LogP contribution is 2.19. The lowest BCUT2D eigenvalue weighted by Crippen LogP contribution is -2.51. The number of piperazine rings is 2. The number of hydrogen-bond donors (Lipinski definition) is 2. The van der Waals surface area contributed by atoms with Gasteiger partial charge < -0.3 is 29.5 Å². The van der Waals surface area contributed by atoms with Crippen LogP contribution in [-0.2, 0) is 0 Å². The van der Waals surface area contributed by atoms with Crippen molar-refractivity contribution in [2.45, 2.75) is 12.2 Å². The van der Waals surface area contributed by atoms with Crippen LogP contribution in [0.1, 0.15) is 20.7 Å². The minimum atomic E-state index is -0.657. The van der Waals surface area contributed by atoms with Crippen molar-refractivity contribution in [1.29, 1.82) is 0 Å². The Balaban J connectivity index is 0.948. The molecular weight excluding hydrogens is 560 g/mol. The van der Waals surface area contributed by atoms with Crippen molar-refractivity contribution in [3.8, 4) is 11.5 Å². The fraction of sp³-hybridized carbons (Fsp3) is 0.412. The van der Waals surface area contributed by atoms with Gasteiger partial charge in [0.25, 0.3) is 11.8 Å². The van der Waals surface area contributed by atoms with Gasteiger partial charge in [-0.05, 0) is 48.5 Å². The van der Waals surface area contributed by atoms with Gasteiger partial charge in [-0.2, -0.15) is 0 Å². The summed E-state index contributed by atoms with van der Waals surface area (Å²) in [5.74, 6) is 1.34. The zero-order valence-corrected chi connectivity index (χ0v) is 25.0. The van der Waals surface area contributed by atoms with Gasteiger partial charge in [-0.3, -0.25) is 19.4 Å². The van der Waals surface area contributed by atoms with Crippen LogP contribution in [0.15, 0.2) is 84.9 Å². The highest BCUT2D eigenvalue weighted by molar-refractivity contribution is 5.94. The summed E-state index contributed by atoms with van der Waals surface area (Å²) in [6.07, 6.45) is -1.31. The number of carbonyl (C=O) groups excluding carboxylic acids is 2. The minimum Gasteiger partial charge on any atom is -0.491 e. The molecule has 3 aromatic carbocycles. The molecule has 5 rings (SSSR count). The van der Waals surface area contributed by atoms with Gasteiger partial charge in [0.15, 0.2) is 0 Å². The Labute approximate surface area is 259 Å². The maximum absolute atomic E-state index is 12.6. The summed E-state index contributed by atoms with van der Waals surface area (Å²) >= 11 is 0. The number of ether oxygens (including phenoxy) is 2. The number of rotatable bonds is 12. The van der Waals surface area contributed by atoms with Crippen LogP contribution in [0.4, 0.5) is 0 Å². The molecule has 44 heavy (non-hydrogen) atoms. The van der Waals surface area contributed by atoms with Crippen LogP contribution in [0.2, 0.25) is 0 Å². The molecule has 2 amide bonds. The maximum Gasteiger partial charge on any atom is 0.253 e. The summed E-state index contributed by atoms with van der Waals surface area (Å²) < 4.78 is 11.6. The molecule has 10 heteroatoms. The lowest BCUT2D eigenvalue weighted by atomic mass is 10.2. The maximum atomic E-state index is 12.6. The number of hydrogen-bond acceptors (Lipinski definition) is 8. The van der Waals surface area contributed by atoms with Crippen molar-refractivity contribution in [2.24, 2.45) is 0 Å². The minimum absolute atomic E-state index is 0.0445. The predicted octanol–water partition coefficient (Wildman–Crippen LogP) is 2.08. The van der Waals surface area contributed by atoms with Gasteiger partial charge in [-0.25, -0.2) is 0 Å². The number of β-amino-alcohol motifs (C(OH)–C–C–N with tert-alkyl or cyclic N) is 2. The van der Waals surface area contributed by atoms with E-state index in [1.807, 2.05) is 70.5 Å². The first kappa shape index (κ1) is 31.5. The van der Waals surface area contributed by atoms with E-state index in [1.54, 1.807) is 24.3 Å². The van der Waals surface area contributed by atoms with Crippen LogP contribution >= 0.6 is 0 Å². The summed E-state index contributed by atoms with van der Waals surface area (Å²) in [6, 6.07) is 25.7.